The molecule has 1 aliphatic heterocycles. The van der Waals surface area contributed by atoms with Crippen molar-refractivity contribution in [2.75, 3.05) is 0 Å². The lowest BCUT2D eigenvalue weighted by Crippen LogP contribution is -2.13. The molecule has 4 nitrogen and oxygen atoms in total. The Morgan fingerprint density at radius 1 is 0.451 bits per heavy atom. The molecule has 3 aromatic heterocycles. The average Bonchev–Trinajstić information content (AvgIpc) is 3.84. The number of para-hydroxylation sites is 5. The number of aromatic nitrogens is 3. The number of fused-ring (bicyclic) bond motifs is 10. The zero-order chi connectivity index (χ0) is 33.5. The summed E-state index contributed by atoms with van der Waals surface area (Å²) in [6, 6.07) is 59.2. The first kappa shape index (κ1) is 28.2. The lowest BCUT2D eigenvalue weighted by Gasteiger charge is -2.21. The van der Waals surface area contributed by atoms with Gasteiger partial charge in [-0.1, -0.05) is 115 Å². The zero-order valence-electron chi connectivity index (χ0n) is 27.8. The molecule has 240 valence electrons. The van der Waals surface area contributed by atoms with Gasteiger partial charge >= 0.3 is 0 Å². The van der Waals surface area contributed by atoms with Crippen LogP contribution < -0.4 is 0 Å². The van der Waals surface area contributed by atoms with E-state index in [2.05, 4.69) is 190 Å². The number of hydrogen-bond acceptors (Lipinski definition) is 1. The van der Waals surface area contributed by atoms with E-state index in [-0.39, 0.29) is 6.17 Å². The van der Waals surface area contributed by atoms with Gasteiger partial charge in [-0.25, -0.2) is 0 Å². The summed E-state index contributed by atoms with van der Waals surface area (Å²) < 4.78 is 7.29. The van der Waals surface area contributed by atoms with Crippen molar-refractivity contribution < 1.29 is 0 Å². The van der Waals surface area contributed by atoms with E-state index in [1.807, 2.05) is 0 Å². The van der Waals surface area contributed by atoms with Crippen LogP contribution >= 0.6 is 0 Å². The summed E-state index contributed by atoms with van der Waals surface area (Å²) in [5.74, 6) is 0. The molecule has 0 saturated heterocycles. The van der Waals surface area contributed by atoms with E-state index in [0.29, 0.717) is 0 Å². The Hall–Kier alpha value is -6.65. The molecule has 1 unspecified atom stereocenters. The van der Waals surface area contributed by atoms with E-state index < -0.39 is 0 Å². The number of nitrogens with zero attached hydrogens (tertiary/aromatic N) is 4. The summed E-state index contributed by atoms with van der Waals surface area (Å²) in [5, 5.41) is 7.56. The van der Waals surface area contributed by atoms with Crippen LogP contribution in [0.5, 0.6) is 0 Å². The minimum atomic E-state index is -0.103. The van der Waals surface area contributed by atoms with Crippen molar-refractivity contribution in [1.82, 2.24) is 13.7 Å². The van der Waals surface area contributed by atoms with E-state index in [1.54, 1.807) is 0 Å². The largest absolute Gasteiger partial charge is 0.317 e. The lowest BCUT2D eigenvalue weighted by molar-refractivity contribution is 0.561. The smallest absolute Gasteiger partial charge is 0.129 e. The van der Waals surface area contributed by atoms with Crippen LogP contribution in [0.1, 0.15) is 18.2 Å². The number of benzene rings is 7. The number of dihydropyridines is 1. The molecule has 0 N–H and O–H groups in total. The van der Waals surface area contributed by atoms with Gasteiger partial charge in [0.05, 0.1) is 38.8 Å². The molecule has 0 fully saturated rings. The summed E-state index contributed by atoms with van der Waals surface area (Å²) in [7, 11) is 0. The Balaban J connectivity index is 1.13. The first-order valence-corrected chi connectivity index (χ1v) is 17.7. The number of aliphatic imine (C=N–C) groups is 1. The van der Waals surface area contributed by atoms with Crippen LogP contribution in [0.2, 0.25) is 0 Å². The molecule has 0 spiro atoms. The van der Waals surface area contributed by atoms with Crippen LogP contribution in [-0.4, -0.2) is 19.4 Å². The predicted molar refractivity (Wildman–Crippen MR) is 214 cm³/mol. The highest BCUT2D eigenvalue weighted by Gasteiger charge is 2.24. The lowest BCUT2D eigenvalue weighted by atomic mass is 10.1. The van der Waals surface area contributed by atoms with Crippen LogP contribution in [0.3, 0.4) is 0 Å². The van der Waals surface area contributed by atoms with E-state index in [9.17, 15) is 0 Å². The summed E-state index contributed by atoms with van der Waals surface area (Å²) in [4.78, 5) is 5.57. The average molecular weight is 653 g/mol. The van der Waals surface area contributed by atoms with Crippen LogP contribution in [-0.2, 0) is 0 Å². The molecule has 4 heteroatoms. The summed E-state index contributed by atoms with van der Waals surface area (Å²) in [5.41, 5.74) is 11.7. The third kappa shape index (κ3) is 4.11. The molecular weight excluding hydrogens is 621 g/mol. The molecule has 1 atom stereocenters. The molecule has 7 aromatic carbocycles. The second kappa shape index (κ2) is 10.9. The Labute approximate surface area is 294 Å². The Morgan fingerprint density at radius 2 is 1.02 bits per heavy atom. The Morgan fingerprint density at radius 3 is 1.75 bits per heavy atom. The van der Waals surface area contributed by atoms with Gasteiger partial charge in [-0.3, -0.25) is 4.99 Å². The van der Waals surface area contributed by atoms with Crippen molar-refractivity contribution in [2.24, 2.45) is 4.99 Å². The van der Waals surface area contributed by atoms with Crippen molar-refractivity contribution in [3.8, 4) is 11.4 Å². The summed E-state index contributed by atoms with van der Waals surface area (Å²) in [6.07, 6.45) is 5.21. The molecule has 4 heterocycles. The highest BCUT2D eigenvalue weighted by Crippen LogP contribution is 2.43. The molecule has 10 aromatic rings. The van der Waals surface area contributed by atoms with Gasteiger partial charge in [0.2, 0.25) is 0 Å². The van der Waals surface area contributed by atoms with Crippen molar-refractivity contribution in [3.63, 3.8) is 0 Å². The van der Waals surface area contributed by atoms with Crippen molar-refractivity contribution in [1.29, 1.82) is 0 Å². The van der Waals surface area contributed by atoms with Gasteiger partial charge in [-0.05, 0) is 60.7 Å². The number of allylic oxidation sites excluding steroid dienone is 1. The Kier molecular flexibility index (Phi) is 6.05. The molecule has 51 heavy (non-hydrogen) atoms. The topological polar surface area (TPSA) is 27.1 Å². The number of rotatable bonds is 4. The van der Waals surface area contributed by atoms with Gasteiger partial charge in [-0.15, -0.1) is 0 Å². The molecule has 11 rings (SSSR count). The summed E-state index contributed by atoms with van der Waals surface area (Å²) >= 11 is 0. The molecule has 0 amide bonds. The monoisotopic (exact) mass is 652 g/mol. The Bertz CT molecular complexity index is 3010. The minimum Gasteiger partial charge on any atom is -0.317 e. The third-order valence-corrected chi connectivity index (χ3v) is 10.7. The maximum absolute atomic E-state index is 5.57. The highest BCUT2D eigenvalue weighted by atomic mass is 15.1. The second-order valence-corrected chi connectivity index (χ2v) is 13.5. The van der Waals surface area contributed by atoms with E-state index >= 15 is 0 Å². The zero-order valence-corrected chi connectivity index (χ0v) is 27.8. The quantitative estimate of drug-likeness (QED) is 0.181. The van der Waals surface area contributed by atoms with Gasteiger partial charge in [0, 0.05) is 55.7 Å². The molecule has 1 aliphatic rings. The van der Waals surface area contributed by atoms with E-state index in [4.69, 9.17) is 4.99 Å². The number of hydrogen-bond donors (Lipinski definition) is 0. The molecule has 0 bridgehead atoms. The molecular formula is C47H32N4. The third-order valence-electron chi connectivity index (χ3n) is 10.7. The molecule has 0 saturated carbocycles. The maximum Gasteiger partial charge on any atom is 0.129 e. The van der Waals surface area contributed by atoms with Crippen molar-refractivity contribution in [2.45, 2.75) is 12.6 Å². The first-order valence-electron chi connectivity index (χ1n) is 17.7. The van der Waals surface area contributed by atoms with Crippen LogP contribution in [0.4, 0.5) is 0 Å². The fourth-order valence-electron chi connectivity index (χ4n) is 8.60. The summed E-state index contributed by atoms with van der Waals surface area (Å²) in [6.45, 7) is 0. The normalized spacial score (nSPS) is 14.8. The molecule has 0 radical (unpaired) electrons. The maximum atomic E-state index is 5.57. The van der Waals surface area contributed by atoms with E-state index in [1.165, 1.54) is 65.4 Å². The van der Waals surface area contributed by atoms with Gasteiger partial charge in [0.15, 0.2) is 0 Å². The SMILES string of the molecule is C1=CC(c2cccc(-n3c4ccccc4c4ccccc43)c2)=NC(n2c3ccccc3c3ccc4c(c5ccccc5n4-c4ccccc4)c32)C1. The van der Waals surface area contributed by atoms with E-state index in [0.717, 1.165) is 29.1 Å². The highest BCUT2D eigenvalue weighted by molar-refractivity contribution is 6.25. The van der Waals surface area contributed by atoms with Gasteiger partial charge in [-0.2, -0.15) is 0 Å². The first-order chi connectivity index (χ1) is 25.3. The van der Waals surface area contributed by atoms with Gasteiger partial charge < -0.3 is 13.7 Å². The molecule has 0 aliphatic carbocycles. The van der Waals surface area contributed by atoms with Gasteiger partial charge in [0.1, 0.15) is 6.17 Å². The van der Waals surface area contributed by atoms with Crippen LogP contribution in [0, 0.1) is 0 Å². The standard InChI is InChI=1S/C47H32N4/c1-2-15-32(16-3-1)49-43-26-11-7-21-38(43)46-44(49)29-28-37-36-20-6-10-25-42(36)51(47(37)46)45-27-13-22-39(48-45)31-14-12-17-33(30-31)50-40-23-8-4-18-34(40)35-19-5-9-24-41(35)50/h1-26,28-30,45H,27H2. The fourth-order valence-corrected chi connectivity index (χ4v) is 8.60. The second-order valence-electron chi connectivity index (χ2n) is 13.5. The minimum absolute atomic E-state index is 0.103. The fraction of sp³-hybridized carbons (Fsp3) is 0.0426. The predicted octanol–water partition coefficient (Wildman–Crippen LogP) is 11.9. The van der Waals surface area contributed by atoms with Crippen molar-refractivity contribution in [3.05, 3.63) is 182 Å². The van der Waals surface area contributed by atoms with Gasteiger partial charge in [0.25, 0.3) is 0 Å². The van der Waals surface area contributed by atoms with Crippen LogP contribution in [0.25, 0.3) is 76.8 Å². The van der Waals surface area contributed by atoms with Crippen LogP contribution in [0.15, 0.2) is 181 Å². The van der Waals surface area contributed by atoms with Crippen molar-refractivity contribution >= 4 is 71.1 Å².